The predicted octanol–water partition coefficient (Wildman–Crippen LogP) is 5.13. The van der Waals surface area contributed by atoms with E-state index in [4.69, 9.17) is 11.6 Å². The molecule has 1 amide bonds. The van der Waals surface area contributed by atoms with Gasteiger partial charge >= 0.3 is 0 Å². The van der Waals surface area contributed by atoms with Gasteiger partial charge in [0.15, 0.2) is 5.13 Å². The Morgan fingerprint density at radius 3 is 2.90 bits per heavy atom. The number of aromatic nitrogens is 1. The number of nitrogens with one attached hydrogen (secondary N) is 1. The summed E-state index contributed by atoms with van der Waals surface area (Å²) in [5.41, 5.74) is 2.13. The number of carbonyl (C=O) groups excluding carboxylic acids is 1. The fourth-order valence-electron chi connectivity index (χ4n) is 2.04. The Balaban J connectivity index is 1.96. The minimum Gasteiger partial charge on any atom is -0.297 e. The van der Waals surface area contributed by atoms with Crippen molar-refractivity contribution in [3.63, 3.8) is 0 Å². The molecule has 0 aliphatic heterocycles. The van der Waals surface area contributed by atoms with Crippen LogP contribution in [-0.2, 0) is 6.42 Å². The van der Waals surface area contributed by atoms with Gasteiger partial charge < -0.3 is 0 Å². The van der Waals surface area contributed by atoms with Gasteiger partial charge in [0.05, 0.1) is 10.7 Å². The maximum absolute atomic E-state index is 12.3. The normalized spacial score (nSPS) is 11.0. The fourth-order valence-corrected chi connectivity index (χ4v) is 4.20. The number of carbonyl (C=O) groups is 1. The largest absolute Gasteiger partial charge is 0.297 e. The van der Waals surface area contributed by atoms with Crippen molar-refractivity contribution in [1.82, 2.24) is 4.98 Å². The van der Waals surface area contributed by atoms with Gasteiger partial charge in [-0.1, -0.05) is 30.7 Å². The van der Waals surface area contributed by atoms with Crippen molar-refractivity contribution in [1.29, 1.82) is 0 Å². The first-order valence-electron chi connectivity index (χ1n) is 6.53. The number of nitrogens with zero attached hydrogens (tertiary/aromatic N) is 1. The second kappa shape index (κ2) is 5.75. The van der Waals surface area contributed by atoms with Gasteiger partial charge in [0.1, 0.15) is 4.88 Å². The number of anilines is 1. The molecule has 0 saturated carbocycles. The van der Waals surface area contributed by atoms with E-state index in [0.29, 0.717) is 15.0 Å². The zero-order chi connectivity index (χ0) is 15.0. The molecule has 3 nitrogen and oxygen atoms in total. The highest BCUT2D eigenvalue weighted by molar-refractivity contribution is 7.21. The van der Waals surface area contributed by atoms with E-state index in [-0.39, 0.29) is 5.91 Å². The van der Waals surface area contributed by atoms with Gasteiger partial charge in [-0.15, -0.1) is 22.7 Å². The highest BCUT2D eigenvalue weighted by atomic mass is 35.5. The molecule has 0 spiro atoms. The quantitative estimate of drug-likeness (QED) is 0.720. The lowest BCUT2D eigenvalue weighted by atomic mass is 10.1. The average molecular weight is 337 g/mol. The van der Waals surface area contributed by atoms with Crippen molar-refractivity contribution < 1.29 is 4.79 Å². The maximum atomic E-state index is 12.3. The maximum Gasteiger partial charge on any atom is 0.269 e. The van der Waals surface area contributed by atoms with Crippen LogP contribution in [0.15, 0.2) is 23.6 Å². The predicted molar refractivity (Wildman–Crippen MR) is 91.0 cm³/mol. The molecule has 6 heteroatoms. The molecule has 108 valence electrons. The van der Waals surface area contributed by atoms with Crippen LogP contribution in [0.4, 0.5) is 5.13 Å². The topological polar surface area (TPSA) is 42.0 Å². The third-order valence-electron chi connectivity index (χ3n) is 3.15. The Bertz CT molecular complexity index is 822. The number of thiazole rings is 1. The fraction of sp³-hybridized carbons (Fsp3) is 0.200. The lowest BCUT2D eigenvalue weighted by Crippen LogP contribution is -2.10. The molecule has 1 N–H and O–H groups in total. The zero-order valence-electron chi connectivity index (χ0n) is 11.6. The summed E-state index contributed by atoms with van der Waals surface area (Å²) in [6, 6.07) is 6.13. The van der Waals surface area contributed by atoms with Gasteiger partial charge in [-0.25, -0.2) is 4.98 Å². The minimum absolute atomic E-state index is 0.200. The van der Waals surface area contributed by atoms with Gasteiger partial charge in [-0.2, -0.15) is 0 Å². The molecule has 2 heterocycles. The van der Waals surface area contributed by atoms with Crippen LogP contribution in [0, 0.1) is 6.92 Å². The van der Waals surface area contributed by atoms with Crippen molar-refractivity contribution >= 4 is 55.4 Å². The van der Waals surface area contributed by atoms with Gasteiger partial charge in [-0.05, 0) is 25.0 Å². The van der Waals surface area contributed by atoms with Gasteiger partial charge in [0.25, 0.3) is 5.91 Å². The van der Waals surface area contributed by atoms with Crippen molar-refractivity contribution in [2.24, 2.45) is 0 Å². The van der Waals surface area contributed by atoms with E-state index in [0.717, 1.165) is 22.2 Å². The van der Waals surface area contributed by atoms with E-state index in [2.05, 4.69) is 23.3 Å². The van der Waals surface area contributed by atoms with Crippen LogP contribution in [0.1, 0.15) is 27.9 Å². The third kappa shape index (κ3) is 2.81. The van der Waals surface area contributed by atoms with Crippen LogP contribution < -0.4 is 5.32 Å². The minimum atomic E-state index is -0.200. The van der Waals surface area contributed by atoms with Crippen molar-refractivity contribution in [3.8, 4) is 0 Å². The molecular formula is C15H13ClN2OS2. The Morgan fingerprint density at radius 1 is 1.43 bits per heavy atom. The second-order valence-electron chi connectivity index (χ2n) is 4.68. The Kier molecular flexibility index (Phi) is 3.97. The van der Waals surface area contributed by atoms with Gasteiger partial charge in [0, 0.05) is 15.5 Å². The molecule has 21 heavy (non-hydrogen) atoms. The molecule has 3 aromatic rings. The summed E-state index contributed by atoms with van der Waals surface area (Å²) in [6.07, 6.45) is 0.964. The SMILES string of the molecule is CCc1ccc2c(Cl)c(C(=O)Nc3nc(C)cs3)sc2c1. The molecule has 0 bridgehead atoms. The van der Waals surface area contributed by atoms with Gasteiger partial charge in [0.2, 0.25) is 0 Å². The summed E-state index contributed by atoms with van der Waals surface area (Å²) >= 11 is 9.18. The van der Waals surface area contributed by atoms with E-state index in [9.17, 15) is 4.79 Å². The summed E-state index contributed by atoms with van der Waals surface area (Å²) in [5, 5.41) is 6.75. The first-order valence-corrected chi connectivity index (χ1v) is 8.60. The molecule has 0 fully saturated rings. The van der Waals surface area contributed by atoms with Crippen molar-refractivity contribution in [2.45, 2.75) is 20.3 Å². The number of amides is 1. The first kappa shape index (κ1) is 14.5. The Hall–Kier alpha value is -1.43. The van der Waals surface area contributed by atoms with Crippen molar-refractivity contribution in [2.75, 3.05) is 5.32 Å². The molecule has 2 aromatic heterocycles. The molecule has 0 aliphatic rings. The third-order valence-corrected chi connectivity index (χ3v) is 5.68. The smallest absolute Gasteiger partial charge is 0.269 e. The number of hydrogen-bond acceptors (Lipinski definition) is 4. The van der Waals surface area contributed by atoms with E-state index >= 15 is 0 Å². The van der Waals surface area contributed by atoms with E-state index in [1.165, 1.54) is 28.2 Å². The molecule has 3 rings (SSSR count). The van der Waals surface area contributed by atoms with E-state index in [1.54, 1.807) is 0 Å². The van der Waals surface area contributed by atoms with Crippen LogP contribution in [-0.4, -0.2) is 10.9 Å². The van der Waals surface area contributed by atoms with Crippen LogP contribution in [0.3, 0.4) is 0 Å². The van der Waals surface area contributed by atoms with Gasteiger partial charge in [-0.3, -0.25) is 10.1 Å². The standard InChI is InChI=1S/C15H13ClN2OS2/c1-3-9-4-5-10-11(6-9)21-13(12(10)16)14(19)18-15-17-8(2)7-20-15/h4-7H,3H2,1-2H3,(H,17,18,19). The van der Waals surface area contributed by atoms with Crippen LogP contribution in [0.2, 0.25) is 5.02 Å². The molecule has 0 atom stereocenters. The summed E-state index contributed by atoms with van der Waals surface area (Å²) in [7, 11) is 0. The Morgan fingerprint density at radius 2 is 2.24 bits per heavy atom. The van der Waals surface area contributed by atoms with E-state index < -0.39 is 0 Å². The molecule has 0 aliphatic carbocycles. The lowest BCUT2D eigenvalue weighted by molar-refractivity contribution is 0.103. The highest BCUT2D eigenvalue weighted by Crippen LogP contribution is 2.36. The average Bonchev–Trinajstić information content (AvgIpc) is 3.02. The number of benzene rings is 1. The second-order valence-corrected chi connectivity index (χ2v) is 6.97. The number of rotatable bonds is 3. The molecule has 1 aromatic carbocycles. The molecule has 0 unspecified atom stereocenters. The zero-order valence-corrected chi connectivity index (χ0v) is 14.0. The van der Waals surface area contributed by atoms with Crippen LogP contribution in [0.25, 0.3) is 10.1 Å². The summed E-state index contributed by atoms with van der Waals surface area (Å²) in [5.74, 6) is -0.200. The summed E-state index contributed by atoms with van der Waals surface area (Å²) < 4.78 is 1.04. The number of halogens is 1. The molecular weight excluding hydrogens is 324 g/mol. The highest BCUT2D eigenvalue weighted by Gasteiger charge is 2.18. The van der Waals surface area contributed by atoms with Crippen LogP contribution in [0.5, 0.6) is 0 Å². The van der Waals surface area contributed by atoms with Crippen LogP contribution >= 0.6 is 34.3 Å². The van der Waals surface area contributed by atoms with Crippen molar-refractivity contribution in [3.05, 3.63) is 44.7 Å². The number of hydrogen-bond donors (Lipinski definition) is 1. The van der Waals surface area contributed by atoms with E-state index in [1.807, 2.05) is 24.4 Å². The summed E-state index contributed by atoms with van der Waals surface area (Å²) in [6.45, 7) is 4.00. The number of thiophene rings is 1. The lowest BCUT2D eigenvalue weighted by Gasteiger charge is -1.99. The Labute approximate surface area is 135 Å². The first-order chi connectivity index (χ1) is 10.1. The molecule has 0 radical (unpaired) electrons. The number of aryl methyl sites for hydroxylation is 2. The number of fused-ring (bicyclic) bond motifs is 1. The monoisotopic (exact) mass is 336 g/mol. The molecule has 0 saturated heterocycles. The summed E-state index contributed by atoms with van der Waals surface area (Å²) in [4.78, 5) is 17.1.